The maximum Gasteiger partial charge on any atom is 1.00 e. The van der Waals surface area contributed by atoms with Gasteiger partial charge in [0.15, 0.2) is 23.0 Å². The van der Waals surface area contributed by atoms with Gasteiger partial charge >= 0.3 is 34.3 Å². The molecule has 2 aliphatic rings. The summed E-state index contributed by atoms with van der Waals surface area (Å²) in [6.07, 6.45) is 0. The van der Waals surface area contributed by atoms with E-state index in [0.717, 1.165) is 23.0 Å². The van der Waals surface area contributed by atoms with Crippen molar-refractivity contribution >= 4 is 17.2 Å². The van der Waals surface area contributed by atoms with E-state index in [2.05, 4.69) is 0 Å². The van der Waals surface area contributed by atoms with Crippen molar-refractivity contribution in [1.82, 2.24) is 0 Å². The number of para-hydroxylation sites is 4. The molecule has 0 amide bonds. The second kappa shape index (κ2) is 10.3. The Morgan fingerprint density at radius 2 is 0.875 bits per heavy atom. The van der Waals surface area contributed by atoms with Gasteiger partial charge in [-0.25, -0.2) is 0 Å². The maximum atomic E-state index is 5.28. The zero-order chi connectivity index (χ0) is 15.4. The smallest absolute Gasteiger partial charge is 1.00 e. The minimum atomic E-state index is -1.17. The summed E-state index contributed by atoms with van der Waals surface area (Å²) < 4.78 is 30.9. The molecule has 0 radical (unpaired) electrons. The fourth-order valence-electron chi connectivity index (χ4n) is 1.71. The molecule has 2 aromatic carbocycles. The molecule has 2 aromatic rings. The number of rotatable bonds is 2. The van der Waals surface area contributed by atoms with Gasteiger partial charge in [0, 0.05) is 14.2 Å². The molecule has 0 aliphatic carbocycles. The van der Waals surface area contributed by atoms with Gasteiger partial charge in [0.25, 0.3) is 0 Å². The van der Waals surface area contributed by atoms with Crippen molar-refractivity contribution in [1.29, 1.82) is 0 Å². The van der Waals surface area contributed by atoms with E-state index >= 15 is 0 Å². The van der Waals surface area contributed by atoms with Crippen LogP contribution >= 0.6 is 17.2 Å². The molecule has 0 saturated heterocycles. The largest absolute Gasteiger partial charge is 1.00 e. The van der Waals surface area contributed by atoms with Gasteiger partial charge in [-0.15, -0.1) is 0 Å². The summed E-state index contributed by atoms with van der Waals surface area (Å²) in [5, 5.41) is 0. The van der Waals surface area contributed by atoms with E-state index in [9.17, 15) is 0 Å². The molecule has 2 heterocycles. The van der Waals surface area contributed by atoms with Crippen LogP contribution in [0.15, 0.2) is 48.5 Å². The Hall–Kier alpha value is -0.771. The van der Waals surface area contributed by atoms with Gasteiger partial charge in [0.2, 0.25) is 0 Å². The van der Waals surface area contributed by atoms with Crippen molar-refractivity contribution in [3.05, 3.63) is 48.5 Å². The Bertz CT molecular complexity index is 545. The van der Waals surface area contributed by atoms with Crippen molar-refractivity contribution in [2.24, 2.45) is 0 Å². The first-order chi connectivity index (χ1) is 10.8. The fraction of sp³-hybridized carbons (Fsp3) is 0.143. The third-order valence-corrected chi connectivity index (χ3v) is 4.67. The summed E-state index contributed by atoms with van der Waals surface area (Å²) in [4.78, 5) is 0. The SMILES string of the molecule is COP1Oc2ccccc2O1.COP1Oc2ccccc2O1.[Cl-].[Cu+]. The van der Waals surface area contributed by atoms with E-state index in [4.69, 9.17) is 27.1 Å². The van der Waals surface area contributed by atoms with Crippen LogP contribution in [0.1, 0.15) is 0 Å². The molecule has 0 spiro atoms. The van der Waals surface area contributed by atoms with Crippen LogP contribution in [0.4, 0.5) is 0 Å². The molecule has 0 bridgehead atoms. The predicted octanol–water partition coefficient (Wildman–Crippen LogP) is 1.66. The van der Waals surface area contributed by atoms with E-state index in [1.54, 1.807) is 14.2 Å². The van der Waals surface area contributed by atoms with E-state index < -0.39 is 17.2 Å². The summed E-state index contributed by atoms with van der Waals surface area (Å²) in [7, 11) is 0.795. The van der Waals surface area contributed by atoms with Gasteiger partial charge in [-0.1, -0.05) is 24.3 Å². The molecule has 0 aromatic heterocycles. The zero-order valence-corrected chi connectivity index (χ0v) is 16.1. The Morgan fingerprint density at radius 3 is 1.08 bits per heavy atom. The molecule has 0 saturated carbocycles. The van der Waals surface area contributed by atoms with Crippen LogP contribution in [0.5, 0.6) is 23.0 Å². The average molecular weight is 439 g/mol. The summed E-state index contributed by atoms with van der Waals surface area (Å²) >= 11 is 0. The molecule has 6 nitrogen and oxygen atoms in total. The van der Waals surface area contributed by atoms with Crippen LogP contribution in [0, 0.1) is 0 Å². The minimum absolute atomic E-state index is 0. The third kappa shape index (κ3) is 5.11. The van der Waals surface area contributed by atoms with Crippen LogP contribution in [-0.4, -0.2) is 14.2 Å². The molecule has 0 atom stereocenters. The number of fused-ring (bicyclic) bond motifs is 2. The van der Waals surface area contributed by atoms with Gasteiger partial charge in [0.1, 0.15) is 0 Å². The molecular formula is C14H14ClCuO6P2. The normalized spacial score (nSPS) is 14.1. The summed E-state index contributed by atoms with van der Waals surface area (Å²) in [5.41, 5.74) is 0. The molecule has 4 rings (SSSR count). The van der Waals surface area contributed by atoms with E-state index in [1.165, 1.54) is 0 Å². The first-order valence-electron chi connectivity index (χ1n) is 6.38. The Morgan fingerprint density at radius 1 is 0.625 bits per heavy atom. The van der Waals surface area contributed by atoms with Crippen LogP contribution in [-0.2, 0) is 26.1 Å². The van der Waals surface area contributed by atoms with Crippen LogP contribution in [0.2, 0.25) is 0 Å². The van der Waals surface area contributed by atoms with E-state index in [-0.39, 0.29) is 29.5 Å². The topological polar surface area (TPSA) is 55.4 Å². The summed E-state index contributed by atoms with van der Waals surface area (Å²) in [5.74, 6) is 3.06. The number of hydrogen-bond donors (Lipinski definition) is 0. The van der Waals surface area contributed by atoms with Crippen molar-refractivity contribution < 1.29 is 56.6 Å². The molecule has 134 valence electrons. The van der Waals surface area contributed by atoms with Crippen molar-refractivity contribution in [3.63, 3.8) is 0 Å². The van der Waals surface area contributed by atoms with Gasteiger partial charge < -0.3 is 30.5 Å². The second-order valence-electron chi connectivity index (χ2n) is 4.07. The molecule has 10 heteroatoms. The van der Waals surface area contributed by atoms with Crippen molar-refractivity contribution in [3.8, 4) is 23.0 Å². The van der Waals surface area contributed by atoms with Crippen molar-refractivity contribution in [2.45, 2.75) is 0 Å². The molecule has 0 N–H and O–H groups in total. The van der Waals surface area contributed by atoms with Crippen molar-refractivity contribution in [2.75, 3.05) is 14.2 Å². The minimum Gasteiger partial charge on any atom is -1.00 e. The second-order valence-corrected chi connectivity index (χ2v) is 6.43. The van der Waals surface area contributed by atoms with E-state index in [0.29, 0.717) is 0 Å². The standard InChI is InChI=1S/2C7H7O3P.ClH.Cu/c2*1-8-11-9-6-4-2-3-5-7(6)10-11;;/h2*2-5H,1H3;1H;/q;;;+1/p-1. The van der Waals surface area contributed by atoms with Crippen LogP contribution in [0.25, 0.3) is 0 Å². The zero-order valence-electron chi connectivity index (χ0n) is 12.6. The van der Waals surface area contributed by atoms with E-state index in [1.807, 2.05) is 48.5 Å². The third-order valence-electron chi connectivity index (χ3n) is 2.69. The first-order valence-corrected chi connectivity index (χ1v) is 8.57. The molecule has 2 aliphatic heterocycles. The first kappa shape index (κ1) is 21.3. The monoisotopic (exact) mass is 438 g/mol. The number of hydrogen-bond acceptors (Lipinski definition) is 6. The molecule has 24 heavy (non-hydrogen) atoms. The average Bonchev–Trinajstić information content (AvgIpc) is 3.18. The number of halogens is 1. The summed E-state index contributed by atoms with van der Waals surface area (Å²) in [6.45, 7) is 0. The fourth-order valence-corrected chi connectivity index (χ4v) is 3.33. The number of benzene rings is 2. The Labute approximate surface area is 159 Å². The molecular weight excluding hydrogens is 425 g/mol. The maximum absolute atomic E-state index is 5.28. The van der Waals surface area contributed by atoms with Crippen LogP contribution < -0.4 is 30.5 Å². The summed E-state index contributed by atoms with van der Waals surface area (Å²) in [6, 6.07) is 15.0. The van der Waals surface area contributed by atoms with Gasteiger partial charge in [-0.3, -0.25) is 9.05 Å². The van der Waals surface area contributed by atoms with Crippen LogP contribution in [0.3, 0.4) is 0 Å². The van der Waals surface area contributed by atoms with Gasteiger partial charge in [-0.05, 0) is 24.3 Å². The molecule has 0 unspecified atom stereocenters. The van der Waals surface area contributed by atoms with Gasteiger partial charge in [0.05, 0.1) is 0 Å². The quantitative estimate of drug-likeness (QED) is 0.525. The molecule has 0 fully saturated rings. The Kier molecular flexibility index (Phi) is 9.11. The Balaban J connectivity index is 0.000000222. The van der Waals surface area contributed by atoms with Gasteiger partial charge in [-0.2, -0.15) is 0 Å². The predicted molar refractivity (Wildman–Crippen MR) is 83.3 cm³/mol.